The number of hydrogen-bond donors (Lipinski definition) is 1. The Morgan fingerprint density at radius 3 is 2.33 bits per heavy atom. The van der Waals surface area contributed by atoms with Gasteiger partial charge < -0.3 is 10.1 Å². The van der Waals surface area contributed by atoms with E-state index < -0.39 is 12.0 Å². The van der Waals surface area contributed by atoms with Crippen molar-refractivity contribution in [3.63, 3.8) is 0 Å². The fourth-order valence-corrected chi connectivity index (χ4v) is 3.24. The molecule has 3 aromatic rings. The highest BCUT2D eigenvalue weighted by Crippen LogP contribution is 2.16. The zero-order valence-electron chi connectivity index (χ0n) is 14.9. The topological polar surface area (TPSA) is 55.4 Å². The van der Waals surface area contributed by atoms with Crippen LogP contribution >= 0.6 is 15.9 Å². The summed E-state index contributed by atoms with van der Waals surface area (Å²) in [5, 5.41) is 5.02. The molecule has 3 aromatic carbocycles. The monoisotopic (exact) mass is 425 g/mol. The number of esters is 1. The third kappa shape index (κ3) is 5.17. The molecule has 0 fully saturated rings. The van der Waals surface area contributed by atoms with Gasteiger partial charge in [-0.25, -0.2) is 4.79 Å². The first-order valence-electron chi connectivity index (χ1n) is 8.64. The summed E-state index contributed by atoms with van der Waals surface area (Å²) in [7, 11) is 1.33. The number of carbonyl (C=O) groups excluding carboxylic acids is 2. The van der Waals surface area contributed by atoms with Crippen LogP contribution in [0.15, 0.2) is 71.2 Å². The molecule has 0 radical (unpaired) electrons. The van der Waals surface area contributed by atoms with E-state index in [4.69, 9.17) is 4.74 Å². The van der Waals surface area contributed by atoms with Crippen LogP contribution in [-0.4, -0.2) is 25.0 Å². The molecule has 0 saturated heterocycles. The van der Waals surface area contributed by atoms with Crippen molar-refractivity contribution in [1.82, 2.24) is 5.32 Å². The molecule has 3 rings (SSSR count). The molecule has 0 aliphatic heterocycles. The number of amides is 1. The van der Waals surface area contributed by atoms with Crippen LogP contribution in [-0.2, 0) is 27.2 Å². The number of methoxy groups -OCH3 is 1. The van der Waals surface area contributed by atoms with E-state index in [1.165, 1.54) is 7.11 Å². The van der Waals surface area contributed by atoms with Crippen molar-refractivity contribution in [2.24, 2.45) is 0 Å². The third-order valence-electron chi connectivity index (χ3n) is 4.35. The summed E-state index contributed by atoms with van der Waals surface area (Å²) < 4.78 is 5.81. The molecule has 1 amide bonds. The van der Waals surface area contributed by atoms with Crippen molar-refractivity contribution in [2.45, 2.75) is 18.9 Å². The van der Waals surface area contributed by atoms with Crippen LogP contribution in [0.1, 0.15) is 11.1 Å². The number of benzene rings is 3. The lowest BCUT2D eigenvalue weighted by Gasteiger charge is -2.17. The second-order valence-electron chi connectivity index (χ2n) is 6.33. The van der Waals surface area contributed by atoms with Gasteiger partial charge in [-0.1, -0.05) is 70.5 Å². The van der Waals surface area contributed by atoms with Crippen molar-refractivity contribution in [3.05, 3.63) is 82.3 Å². The molecule has 4 nitrogen and oxygen atoms in total. The van der Waals surface area contributed by atoms with E-state index in [0.29, 0.717) is 6.42 Å². The summed E-state index contributed by atoms with van der Waals surface area (Å²) in [5.74, 6) is -0.664. The zero-order valence-corrected chi connectivity index (χ0v) is 16.5. The van der Waals surface area contributed by atoms with Crippen LogP contribution in [0.25, 0.3) is 10.8 Å². The molecule has 0 bridgehead atoms. The fourth-order valence-electron chi connectivity index (χ4n) is 2.97. The Labute approximate surface area is 166 Å². The van der Waals surface area contributed by atoms with Gasteiger partial charge in [-0.15, -0.1) is 0 Å². The van der Waals surface area contributed by atoms with Gasteiger partial charge in [0.05, 0.1) is 13.5 Å². The summed E-state index contributed by atoms with van der Waals surface area (Å²) in [4.78, 5) is 24.6. The minimum Gasteiger partial charge on any atom is -0.467 e. The van der Waals surface area contributed by atoms with Crippen LogP contribution < -0.4 is 5.32 Å². The lowest BCUT2D eigenvalue weighted by atomic mass is 10.0. The summed E-state index contributed by atoms with van der Waals surface area (Å²) in [6, 6.07) is 20.8. The maximum absolute atomic E-state index is 12.5. The Morgan fingerprint density at radius 1 is 0.963 bits per heavy atom. The molecule has 0 aliphatic carbocycles. The Hall–Kier alpha value is -2.66. The van der Waals surface area contributed by atoms with Crippen molar-refractivity contribution in [1.29, 1.82) is 0 Å². The van der Waals surface area contributed by atoms with Gasteiger partial charge in [-0.2, -0.15) is 0 Å². The van der Waals surface area contributed by atoms with Gasteiger partial charge in [0.25, 0.3) is 0 Å². The second kappa shape index (κ2) is 8.82. The SMILES string of the molecule is COC(=O)[C@H](Cc1ccc(Br)cc1)NC(=O)Cc1ccc2ccccc2c1. The second-order valence-corrected chi connectivity index (χ2v) is 7.25. The number of fused-ring (bicyclic) bond motifs is 1. The van der Waals surface area contributed by atoms with E-state index in [1.807, 2.05) is 66.7 Å². The predicted molar refractivity (Wildman–Crippen MR) is 109 cm³/mol. The zero-order chi connectivity index (χ0) is 19.2. The number of rotatable bonds is 6. The highest BCUT2D eigenvalue weighted by atomic mass is 79.9. The molecular weight excluding hydrogens is 406 g/mol. The van der Waals surface area contributed by atoms with Gasteiger partial charge in [0.15, 0.2) is 0 Å². The fraction of sp³-hybridized carbons (Fsp3) is 0.182. The Bertz CT molecular complexity index is 953. The highest BCUT2D eigenvalue weighted by Gasteiger charge is 2.22. The molecule has 0 aromatic heterocycles. The first-order valence-corrected chi connectivity index (χ1v) is 9.44. The quantitative estimate of drug-likeness (QED) is 0.606. The minimum atomic E-state index is -0.718. The van der Waals surface area contributed by atoms with Gasteiger partial charge in [-0.05, 0) is 34.0 Å². The Morgan fingerprint density at radius 2 is 1.63 bits per heavy atom. The molecule has 138 valence electrons. The lowest BCUT2D eigenvalue weighted by Crippen LogP contribution is -2.43. The Balaban J connectivity index is 1.69. The first-order chi connectivity index (χ1) is 13.0. The number of halogens is 1. The molecule has 5 heteroatoms. The molecule has 0 unspecified atom stereocenters. The average molecular weight is 426 g/mol. The van der Waals surface area contributed by atoms with Crippen molar-refractivity contribution in [2.75, 3.05) is 7.11 Å². The molecule has 0 heterocycles. The van der Waals surface area contributed by atoms with Gasteiger partial charge in [-0.3, -0.25) is 4.79 Å². The number of ether oxygens (including phenoxy) is 1. The largest absolute Gasteiger partial charge is 0.467 e. The van der Waals surface area contributed by atoms with E-state index >= 15 is 0 Å². The molecule has 1 N–H and O–H groups in total. The van der Waals surface area contributed by atoms with Crippen LogP contribution in [0.3, 0.4) is 0 Å². The molecule has 0 aliphatic rings. The Kier molecular flexibility index (Phi) is 6.24. The third-order valence-corrected chi connectivity index (χ3v) is 4.88. The smallest absolute Gasteiger partial charge is 0.328 e. The highest BCUT2D eigenvalue weighted by molar-refractivity contribution is 9.10. The van der Waals surface area contributed by atoms with Crippen LogP contribution in [0, 0.1) is 0 Å². The van der Waals surface area contributed by atoms with E-state index in [-0.39, 0.29) is 12.3 Å². The van der Waals surface area contributed by atoms with E-state index in [2.05, 4.69) is 21.2 Å². The average Bonchev–Trinajstić information content (AvgIpc) is 2.68. The summed E-state index contributed by atoms with van der Waals surface area (Å²) >= 11 is 3.39. The van der Waals surface area contributed by atoms with Crippen molar-refractivity contribution < 1.29 is 14.3 Å². The summed E-state index contributed by atoms with van der Waals surface area (Å²) in [6.45, 7) is 0. The molecule has 0 spiro atoms. The van der Waals surface area contributed by atoms with E-state index in [1.54, 1.807) is 0 Å². The van der Waals surface area contributed by atoms with Crippen LogP contribution in [0.4, 0.5) is 0 Å². The van der Waals surface area contributed by atoms with Crippen molar-refractivity contribution in [3.8, 4) is 0 Å². The normalized spacial score (nSPS) is 11.8. The summed E-state index contributed by atoms with van der Waals surface area (Å²) in [5.41, 5.74) is 1.85. The van der Waals surface area contributed by atoms with E-state index in [0.717, 1.165) is 26.4 Å². The van der Waals surface area contributed by atoms with Gasteiger partial charge >= 0.3 is 5.97 Å². The van der Waals surface area contributed by atoms with Gasteiger partial charge in [0.1, 0.15) is 6.04 Å². The van der Waals surface area contributed by atoms with Gasteiger partial charge in [0, 0.05) is 10.9 Å². The number of hydrogen-bond acceptors (Lipinski definition) is 3. The predicted octanol–water partition coefficient (Wildman–Crippen LogP) is 4.05. The van der Waals surface area contributed by atoms with Gasteiger partial charge in [0.2, 0.25) is 5.91 Å². The summed E-state index contributed by atoms with van der Waals surface area (Å²) in [6.07, 6.45) is 0.585. The van der Waals surface area contributed by atoms with Crippen LogP contribution in [0.5, 0.6) is 0 Å². The van der Waals surface area contributed by atoms with Crippen molar-refractivity contribution >= 4 is 38.6 Å². The maximum Gasteiger partial charge on any atom is 0.328 e. The van der Waals surface area contributed by atoms with Crippen LogP contribution in [0.2, 0.25) is 0 Å². The minimum absolute atomic E-state index is 0.207. The molecular formula is C22H20BrNO3. The number of nitrogens with one attached hydrogen (secondary N) is 1. The lowest BCUT2D eigenvalue weighted by molar-refractivity contribution is -0.145. The maximum atomic E-state index is 12.5. The standard InChI is InChI=1S/C22H20BrNO3/c1-27-22(26)20(13-15-7-10-19(23)11-8-15)24-21(25)14-16-6-9-17-4-2-3-5-18(17)12-16/h2-12,20H,13-14H2,1H3,(H,24,25)/t20-/m0/s1. The molecule has 1 atom stereocenters. The molecule has 27 heavy (non-hydrogen) atoms. The molecule has 0 saturated carbocycles. The first kappa shape index (κ1) is 19.1. The number of carbonyl (C=O) groups is 2. The van der Waals surface area contributed by atoms with E-state index in [9.17, 15) is 9.59 Å².